The molecule has 0 radical (unpaired) electrons. The normalized spacial score (nSPS) is 21.4. The fourth-order valence-corrected chi connectivity index (χ4v) is 7.03. The molecule has 2 aromatic carbocycles. The second-order valence-corrected chi connectivity index (χ2v) is 11.4. The smallest absolute Gasteiger partial charge is 0.243 e. The van der Waals surface area contributed by atoms with E-state index in [4.69, 9.17) is 4.74 Å². The molecule has 3 aliphatic rings. The molecular weight excluding hydrogens is 464 g/mol. The fourth-order valence-electron chi connectivity index (χ4n) is 5.37. The zero-order valence-electron chi connectivity index (χ0n) is 19.7. The van der Waals surface area contributed by atoms with Gasteiger partial charge in [-0.3, -0.25) is 4.79 Å². The number of carbonyl (C=O) groups excluding carboxylic acids is 1. The van der Waals surface area contributed by atoms with E-state index in [1.54, 1.807) is 17.0 Å². The van der Waals surface area contributed by atoms with E-state index in [0.29, 0.717) is 39.3 Å². The Kier molecular flexibility index (Phi) is 5.78. The van der Waals surface area contributed by atoms with Gasteiger partial charge in [0.25, 0.3) is 0 Å². The Balaban J connectivity index is 0.00000267. The van der Waals surface area contributed by atoms with Crippen LogP contribution in [0.25, 0.3) is 22.2 Å². The second kappa shape index (κ2) is 8.96. The Bertz CT molecular complexity index is 1330. The van der Waals surface area contributed by atoms with Gasteiger partial charge in [-0.05, 0) is 49.6 Å². The van der Waals surface area contributed by atoms with Crippen molar-refractivity contribution in [3.8, 4) is 11.3 Å². The van der Waals surface area contributed by atoms with Crippen LogP contribution in [0, 0.1) is 0 Å². The van der Waals surface area contributed by atoms with Gasteiger partial charge in [0.15, 0.2) is 0 Å². The van der Waals surface area contributed by atoms with Crippen molar-refractivity contribution < 1.29 is 19.4 Å². The monoisotopic (exact) mass is 496 g/mol. The van der Waals surface area contributed by atoms with E-state index in [1.165, 1.54) is 4.31 Å². The summed E-state index contributed by atoms with van der Waals surface area (Å²) in [7, 11) is -3.81. The molecule has 6 rings (SSSR count). The molecule has 1 atom stereocenters. The topological polar surface area (TPSA) is 86.0 Å². The summed E-state index contributed by atoms with van der Waals surface area (Å²) in [6, 6.07) is 14.9. The number of aromatic nitrogens is 1. The van der Waals surface area contributed by atoms with Gasteiger partial charge in [0.1, 0.15) is 6.04 Å². The number of anilines is 1. The van der Waals surface area contributed by atoms with Crippen molar-refractivity contribution >= 4 is 32.5 Å². The minimum absolute atomic E-state index is 0. The van der Waals surface area contributed by atoms with Crippen LogP contribution < -0.4 is 4.90 Å². The van der Waals surface area contributed by atoms with E-state index in [-0.39, 0.29) is 12.2 Å². The number of hydrogen-bond donors (Lipinski definition) is 1. The van der Waals surface area contributed by atoms with Crippen LogP contribution >= 0.6 is 0 Å². The number of nitrogens with one attached hydrogen (secondary N) is 1. The van der Waals surface area contributed by atoms with Gasteiger partial charge in [0, 0.05) is 62.0 Å². The predicted octanol–water partition coefficient (Wildman–Crippen LogP) is 3.30. The van der Waals surface area contributed by atoms with Crippen LogP contribution in [0.5, 0.6) is 0 Å². The highest BCUT2D eigenvalue weighted by molar-refractivity contribution is 7.89. The Morgan fingerprint density at radius 2 is 1.74 bits per heavy atom. The Hall–Kier alpha value is -2.88. The number of ether oxygens (including phenoxy) is 1. The lowest BCUT2D eigenvalue weighted by Crippen LogP contribution is -2.60. The third kappa shape index (κ3) is 4.01. The molecule has 0 spiro atoms. The number of carbonyl (C=O) groups is 1. The molecule has 1 aromatic heterocycles. The van der Waals surface area contributed by atoms with E-state index in [9.17, 15) is 13.2 Å². The molecule has 8 nitrogen and oxygen atoms in total. The van der Waals surface area contributed by atoms with Crippen molar-refractivity contribution in [3.05, 3.63) is 48.5 Å². The molecule has 1 N–H and O–H groups in total. The lowest BCUT2D eigenvalue weighted by atomic mass is 10.1. The number of H-pyrrole nitrogens is 1. The van der Waals surface area contributed by atoms with Crippen LogP contribution in [0.3, 0.4) is 0 Å². The van der Waals surface area contributed by atoms with E-state index >= 15 is 0 Å². The Labute approximate surface area is 207 Å². The number of sulfonamides is 1. The summed E-state index contributed by atoms with van der Waals surface area (Å²) in [5.74, 6) is -0.118. The molecule has 35 heavy (non-hydrogen) atoms. The Morgan fingerprint density at radius 3 is 2.46 bits per heavy atom. The lowest BCUT2D eigenvalue weighted by Gasteiger charge is -2.41. The second-order valence-electron chi connectivity index (χ2n) is 9.50. The van der Waals surface area contributed by atoms with Crippen LogP contribution in [0.1, 0.15) is 20.7 Å². The summed E-state index contributed by atoms with van der Waals surface area (Å²) in [5, 5.41) is 1.09. The summed E-state index contributed by atoms with van der Waals surface area (Å²) >= 11 is 0. The third-order valence-corrected chi connectivity index (χ3v) is 9.32. The predicted molar refractivity (Wildman–Crippen MR) is 137 cm³/mol. The van der Waals surface area contributed by atoms with E-state index in [2.05, 4.69) is 16.0 Å². The molecule has 0 bridgehead atoms. The average molecular weight is 497 g/mol. The largest absolute Gasteiger partial charge is 0.378 e. The summed E-state index contributed by atoms with van der Waals surface area (Å²) in [6.45, 7) is 4.30. The zero-order valence-corrected chi connectivity index (χ0v) is 20.5. The summed E-state index contributed by atoms with van der Waals surface area (Å²) < 4.78 is 34.1. The molecule has 3 fully saturated rings. The van der Waals surface area contributed by atoms with Gasteiger partial charge in [-0.15, -0.1) is 0 Å². The van der Waals surface area contributed by atoms with Gasteiger partial charge in [0.2, 0.25) is 15.9 Å². The first-order chi connectivity index (χ1) is 17.0. The first-order valence-electron chi connectivity index (χ1n) is 12.4. The van der Waals surface area contributed by atoms with Crippen LogP contribution in [-0.2, 0) is 19.6 Å². The molecule has 1 amide bonds. The third-order valence-electron chi connectivity index (χ3n) is 7.42. The van der Waals surface area contributed by atoms with Crippen molar-refractivity contribution in [2.24, 2.45) is 0 Å². The molecule has 0 saturated carbocycles. The van der Waals surface area contributed by atoms with Crippen molar-refractivity contribution in [2.75, 3.05) is 50.8 Å². The minimum atomic E-state index is -3.81. The maximum absolute atomic E-state index is 13.7. The molecular formula is C26H32N4O4S. The van der Waals surface area contributed by atoms with E-state index in [1.807, 2.05) is 30.3 Å². The lowest BCUT2D eigenvalue weighted by molar-refractivity contribution is -0.142. The van der Waals surface area contributed by atoms with Crippen LogP contribution in [-0.4, -0.2) is 80.5 Å². The van der Waals surface area contributed by atoms with Crippen molar-refractivity contribution in [1.29, 1.82) is 0 Å². The SMILES string of the molecule is O=C([C@@H]1CCN1S(=O)(=O)c1ccc(N2CCCC2)c(-c2cc3ccccc3[nH]2)c1)N1CCOCC1.[HH]. The number of morpholine rings is 1. The van der Waals surface area contributed by atoms with E-state index in [0.717, 1.165) is 53.8 Å². The minimum Gasteiger partial charge on any atom is -0.378 e. The van der Waals surface area contributed by atoms with Gasteiger partial charge in [-0.1, -0.05) is 18.2 Å². The number of fused-ring (bicyclic) bond motifs is 1. The Morgan fingerprint density at radius 1 is 0.971 bits per heavy atom. The van der Waals surface area contributed by atoms with Crippen LogP contribution in [0.2, 0.25) is 0 Å². The summed E-state index contributed by atoms with van der Waals surface area (Å²) in [6.07, 6.45) is 2.81. The molecule has 9 heteroatoms. The molecule has 3 saturated heterocycles. The first kappa shape index (κ1) is 22.6. The molecule has 0 aliphatic carbocycles. The van der Waals surface area contributed by atoms with Gasteiger partial charge in [-0.25, -0.2) is 8.42 Å². The van der Waals surface area contributed by atoms with Gasteiger partial charge in [0.05, 0.1) is 18.1 Å². The number of benzene rings is 2. The number of nitrogens with zero attached hydrogens (tertiary/aromatic N) is 3. The standard InChI is InChI=1S/C26H30N4O4S.H2/c31-26(29-13-15-34-16-14-29)25-9-12-30(25)35(32,33)20-7-8-24(28-10-3-4-11-28)21(18-20)23-17-19-5-1-2-6-22(19)27-23;/h1-2,5-8,17-18,25,27H,3-4,9-16H2;1H/t25-;/m0./s1. The highest BCUT2D eigenvalue weighted by atomic mass is 32.2. The number of para-hydroxylation sites is 1. The van der Waals surface area contributed by atoms with Crippen LogP contribution in [0.4, 0.5) is 5.69 Å². The summed E-state index contributed by atoms with van der Waals surface area (Å²) in [4.78, 5) is 20.8. The average Bonchev–Trinajstić information content (AvgIpc) is 3.53. The fraction of sp³-hybridized carbons (Fsp3) is 0.423. The maximum atomic E-state index is 13.7. The van der Waals surface area contributed by atoms with Gasteiger partial charge >= 0.3 is 0 Å². The number of amides is 1. The highest BCUT2D eigenvalue weighted by Gasteiger charge is 2.44. The quantitative estimate of drug-likeness (QED) is 0.586. The molecule has 186 valence electrons. The van der Waals surface area contributed by atoms with E-state index < -0.39 is 16.1 Å². The maximum Gasteiger partial charge on any atom is 0.243 e. The zero-order chi connectivity index (χ0) is 24.0. The molecule has 0 unspecified atom stereocenters. The number of aromatic amines is 1. The van der Waals surface area contributed by atoms with Crippen LogP contribution in [0.15, 0.2) is 53.4 Å². The summed E-state index contributed by atoms with van der Waals surface area (Å²) in [5.41, 5.74) is 3.83. The number of rotatable bonds is 5. The molecule has 3 aromatic rings. The number of hydrogen-bond acceptors (Lipinski definition) is 5. The van der Waals surface area contributed by atoms with Gasteiger partial charge < -0.3 is 19.5 Å². The van der Waals surface area contributed by atoms with Gasteiger partial charge in [-0.2, -0.15) is 4.31 Å². The highest BCUT2D eigenvalue weighted by Crippen LogP contribution is 2.38. The molecule has 3 aliphatic heterocycles. The van der Waals surface area contributed by atoms with Crippen molar-refractivity contribution in [3.63, 3.8) is 0 Å². The first-order valence-corrected chi connectivity index (χ1v) is 13.8. The van der Waals surface area contributed by atoms with Crippen molar-refractivity contribution in [2.45, 2.75) is 30.2 Å². The van der Waals surface area contributed by atoms with Crippen molar-refractivity contribution in [1.82, 2.24) is 14.2 Å². The molecule has 4 heterocycles.